The van der Waals surface area contributed by atoms with E-state index >= 15 is 0 Å². The second-order valence-electron chi connectivity index (χ2n) is 7.51. The molecule has 4 N–H and O–H groups in total. The van der Waals surface area contributed by atoms with Crippen LogP contribution in [0.3, 0.4) is 0 Å². The molecule has 0 fully saturated rings. The van der Waals surface area contributed by atoms with E-state index in [4.69, 9.17) is 17.3 Å². The minimum Gasteiger partial charge on any atom is -0.383 e. The zero-order valence-corrected chi connectivity index (χ0v) is 18.9. The quantitative estimate of drug-likeness (QED) is 0.441. The molecule has 10 heteroatoms. The number of amides is 1. The van der Waals surface area contributed by atoms with Gasteiger partial charge in [-0.1, -0.05) is 55.3 Å². The first-order chi connectivity index (χ1) is 15.8. The van der Waals surface area contributed by atoms with Gasteiger partial charge in [0.05, 0.1) is 17.3 Å². The summed E-state index contributed by atoms with van der Waals surface area (Å²) in [7, 11) is 0. The summed E-state index contributed by atoms with van der Waals surface area (Å²) in [6.45, 7) is 2.23. The van der Waals surface area contributed by atoms with E-state index in [0.717, 1.165) is 18.1 Å². The number of halogens is 2. The molecule has 0 bridgehead atoms. The third-order valence-corrected chi connectivity index (χ3v) is 5.33. The highest BCUT2D eigenvalue weighted by atomic mass is 35.5. The SMILES string of the molecule is CCCCn1c(N)c(N(CC(=O)Nc2ccc(F)cc2Cl)Cc2ccccc2)c(=O)[nH]c1=O. The van der Waals surface area contributed by atoms with Crippen molar-refractivity contribution < 1.29 is 9.18 Å². The standard InChI is InChI=1S/C23H25ClFN5O3/c1-2-3-11-30-21(26)20(22(32)28-23(30)33)29(13-15-7-5-4-6-8-15)14-19(31)27-18-10-9-16(25)12-17(18)24/h4-10,12H,2-3,11,13-14,26H2,1H3,(H,27,31)(H,28,32,33). The van der Waals surface area contributed by atoms with Crippen LogP contribution in [0.4, 0.5) is 21.6 Å². The molecule has 0 atom stereocenters. The number of nitrogens with one attached hydrogen (secondary N) is 2. The lowest BCUT2D eigenvalue weighted by Gasteiger charge is -2.26. The Kier molecular flexibility index (Phi) is 7.89. The number of aromatic nitrogens is 2. The van der Waals surface area contributed by atoms with Crippen LogP contribution in [0.15, 0.2) is 58.1 Å². The lowest BCUT2D eigenvalue weighted by Crippen LogP contribution is -2.41. The molecule has 0 saturated heterocycles. The van der Waals surface area contributed by atoms with Crippen molar-refractivity contribution in [2.75, 3.05) is 22.5 Å². The van der Waals surface area contributed by atoms with E-state index < -0.39 is 23.0 Å². The van der Waals surface area contributed by atoms with E-state index in [0.29, 0.717) is 13.0 Å². The first kappa shape index (κ1) is 24.1. The molecule has 0 unspecified atom stereocenters. The number of carbonyl (C=O) groups is 1. The molecular formula is C23H25ClFN5O3. The topological polar surface area (TPSA) is 113 Å². The number of nitrogen functional groups attached to an aromatic ring is 1. The average molecular weight is 474 g/mol. The van der Waals surface area contributed by atoms with Crippen LogP contribution in [0.2, 0.25) is 5.02 Å². The van der Waals surface area contributed by atoms with E-state index in [1.165, 1.54) is 21.6 Å². The summed E-state index contributed by atoms with van der Waals surface area (Å²) in [6.07, 6.45) is 1.52. The first-order valence-corrected chi connectivity index (χ1v) is 10.8. The average Bonchev–Trinajstić information content (AvgIpc) is 2.76. The van der Waals surface area contributed by atoms with Gasteiger partial charge in [0.2, 0.25) is 5.91 Å². The van der Waals surface area contributed by atoms with Gasteiger partial charge >= 0.3 is 5.69 Å². The second-order valence-corrected chi connectivity index (χ2v) is 7.92. The summed E-state index contributed by atoms with van der Waals surface area (Å²) in [5, 5.41) is 2.67. The van der Waals surface area contributed by atoms with Crippen molar-refractivity contribution in [2.45, 2.75) is 32.9 Å². The number of H-pyrrole nitrogens is 1. The molecule has 0 aliphatic rings. The van der Waals surface area contributed by atoms with Crippen molar-refractivity contribution >= 4 is 34.7 Å². The van der Waals surface area contributed by atoms with E-state index in [-0.39, 0.29) is 35.3 Å². The summed E-state index contributed by atoms with van der Waals surface area (Å²) >= 11 is 6.01. The van der Waals surface area contributed by atoms with E-state index in [1.54, 1.807) is 0 Å². The van der Waals surface area contributed by atoms with Gasteiger partial charge in [0.25, 0.3) is 5.56 Å². The fourth-order valence-electron chi connectivity index (χ4n) is 3.39. The van der Waals surface area contributed by atoms with Crippen molar-refractivity contribution in [2.24, 2.45) is 0 Å². The number of aromatic amines is 1. The number of rotatable bonds is 9. The summed E-state index contributed by atoms with van der Waals surface area (Å²) in [4.78, 5) is 41.7. The first-order valence-electron chi connectivity index (χ1n) is 10.5. The van der Waals surface area contributed by atoms with Gasteiger partial charge in [0, 0.05) is 13.1 Å². The number of carbonyl (C=O) groups excluding carboxylic acids is 1. The minimum atomic E-state index is -0.686. The van der Waals surface area contributed by atoms with Gasteiger partial charge in [-0.2, -0.15) is 0 Å². The molecule has 1 heterocycles. The van der Waals surface area contributed by atoms with Crippen LogP contribution < -0.4 is 27.2 Å². The summed E-state index contributed by atoms with van der Waals surface area (Å²) in [5.74, 6) is -1.04. The third kappa shape index (κ3) is 6.01. The zero-order chi connectivity index (χ0) is 24.0. The molecule has 1 amide bonds. The summed E-state index contributed by atoms with van der Waals surface area (Å²) in [6, 6.07) is 12.8. The smallest absolute Gasteiger partial charge is 0.330 e. The maximum atomic E-state index is 13.3. The maximum Gasteiger partial charge on any atom is 0.330 e. The van der Waals surface area contributed by atoms with E-state index in [2.05, 4.69) is 10.3 Å². The Balaban J connectivity index is 1.97. The van der Waals surface area contributed by atoms with Crippen molar-refractivity contribution in [3.63, 3.8) is 0 Å². The lowest BCUT2D eigenvalue weighted by molar-refractivity contribution is -0.115. The fraction of sp³-hybridized carbons (Fsp3) is 0.261. The van der Waals surface area contributed by atoms with Gasteiger partial charge < -0.3 is 16.0 Å². The Morgan fingerprint density at radius 3 is 2.61 bits per heavy atom. The molecule has 174 valence electrons. The number of hydrogen-bond acceptors (Lipinski definition) is 5. The molecule has 0 radical (unpaired) electrons. The Labute approximate surface area is 194 Å². The molecule has 1 aromatic heterocycles. The predicted octanol–water partition coefficient (Wildman–Crippen LogP) is 3.36. The Morgan fingerprint density at radius 1 is 1.21 bits per heavy atom. The molecule has 0 spiro atoms. The highest BCUT2D eigenvalue weighted by Gasteiger charge is 2.22. The molecular weight excluding hydrogens is 449 g/mol. The number of unbranched alkanes of at least 4 members (excludes halogenated alkanes) is 1. The number of benzene rings is 2. The van der Waals surface area contributed by atoms with Gasteiger partial charge in [-0.15, -0.1) is 0 Å². The van der Waals surface area contributed by atoms with Crippen molar-refractivity contribution in [3.05, 3.63) is 85.8 Å². The van der Waals surface area contributed by atoms with Crippen LogP contribution in [0, 0.1) is 5.82 Å². The van der Waals surface area contributed by atoms with Crippen LogP contribution in [-0.2, 0) is 17.9 Å². The number of anilines is 3. The number of nitrogens with two attached hydrogens (primary N) is 1. The molecule has 3 aromatic rings. The molecule has 8 nitrogen and oxygen atoms in total. The van der Waals surface area contributed by atoms with Crippen LogP contribution in [0.25, 0.3) is 0 Å². The molecule has 0 saturated carbocycles. The monoisotopic (exact) mass is 473 g/mol. The van der Waals surface area contributed by atoms with Crippen molar-refractivity contribution in [3.8, 4) is 0 Å². The lowest BCUT2D eigenvalue weighted by atomic mass is 10.2. The van der Waals surface area contributed by atoms with Gasteiger partial charge in [0.1, 0.15) is 17.3 Å². The predicted molar refractivity (Wildman–Crippen MR) is 128 cm³/mol. The highest BCUT2D eigenvalue weighted by molar-refractivity contribution is 6.33. The highest BCUT2D eigenvalue weighted by Crippen LogP contribution is 2.23. The molecule has 0 aliphatic heterocycles. The third-order valence-electron chi connectivity index (χ3n) is 5.02. The number of hydrogen-bond donors (Lipinski definition) is 3. The van der Waals surface area contributed by atoms with Crippen LogP contribution in [-0.4, -0.2) is 22.0 Å². The van der Waals surface area contributed by atoms with Gasteiger partial charge in [-0.05, 0) is 30.2 Å². The summed E-state index contributed by atoms with van der Waals surface area (Å²) in [5.41, 5.74) is 6.06. The molecule has 33 heavy (non-hydrogen) atoms. The molecule has 0 aliphatic carbocycles. The largest absolute Gasteiger partial charge is 0.383 e. The Hall–Kier alpha value is -3.59. The van der Waals surface area contributed by atoms with Crippen molar-refractivity contribution in [1.82, 2.24) is 9.55 Å². The van der Waals surface area contributed by atoms with Crippen LogP contribution >= 0.6 is 11.6 Å². The second kappa shape index (κ2) is 10.8. The zero-order valence-electron chi connectivity index (χ0n) is 18.1. The van der Waals surface area contributed by atoms with Crippen LogP contribution in [0.5, 0.6) is 0 Å². The number of nitrogens with zero attached hydrogens (tertiary/aromatic N) is 2. The normalized spacial score (nSPS) is 10.8. The Bertz CT molecular complexity index is 1240. The summed E-state index contributed by atoms with van der Waals surface area (Å²) < 4.78 is 14.6. The van der Waals surface area contributed by atoms with E-state index in [9.17, 15) is 18.8 Å². The van der Waals surface area contributed by atoms with E-state index in [1.807, 2.05) is 37.3 Å². The van der Waals surface area contributed by atoms with Gasteiger partial charge in [-0.3, -0.25) is 19.1 Å². The fourth-order valence-corrected chi connectivity index (χ4v) is 3.61. The Morgan fingerprint density at radius 2 is 1.94 bits per heavy atom. The minimum absolute atomic E-state index is 0.0132. The maximum absolute atomic E-state index is 13.3. The van der Waals surface area contributed by atoms with Crippen LogP contribution in [0.1, 0.15) is 25.3 Å². The van der Waals surface area contributed by atoms with Gasteiger partial charge in [0.15, 0.2) is 0 Å². The van der Waals surface area contributed by atoms with Gasteiger partial charge in [-0.25, -0.2) is 9.18 Å². The molecule has 2 aromatic carbocycles. The van der Waals surface area contributed by atoms with Crippen molar-refractivity contribution in [1.29, 1.82) is 0 Å². The molecule has 3 rings (SSSR count).